The van der Waals surface area contributed by atoms with Crippen molar-refractivity contribution in [3.63, 3.8) is 0 Å². The van der Waals surface area contributed by atoms with Crippen molar-refractivity contribution in [1.82, 2.24) is 0 Å². The summed E-state index contributed by atoms with van der Waals surface area (Å²) < 4.78 is 0. The predicted octanol–water partition coefficient (Wildman–Crippen LogP) is 0.755. The number of hydrogen-bond acceptors (Lipinski definition) is 1. The molecule has 0 atom stereocenters. The third-order valence-corrected chi connectivity index (χ3v) is 0.981. The van der Waals surface area contributed by atoms with Crippen LogP contribution < -0.4 is 0 Å². The van der Waals surface area contributed by atoms with Crippen LogP contribution in [0, 0.1) is 0 Å². The van der Waals surface area contributed by atoms with E-state index in [9.17, 15) is 0 Å². The van der Waals surface area contributed by atoms with Crippen LogP contribution in [0.3, 0.4) is 0 Å². The fraction of sp³-hybridized carbons (Fsp3) is 0.714. The number of hydrogen-bond donors (Lipinski definition) is 1. The van der Waals surface area contributed by atoms with Gasteiger partial charge in [0.25, 0.3) is 0 Å². The molecule has 0 heterocycles. The molecule has 0 aliphatic carbocycles. The average molecular weight is 126 g/mol. The van der Waals surface area contributed by atoms with E-state index in [1.165, 1.54) is 0 Å². The van der Waals surface area contributed by atoms with Crippen LogP contribution in [-0.2, 0) is 0 Å². The molecule has 0 saturated carbocycles. The maximum Gasteiger partial charge on any atom is 0.101 e. The zero-order valence-corrected chi connectivity index (χ0v) is 6.52. The zero-order chi connectivity index (χ0) is 7.33. The average Bonchev–Trinajstić information content (AvgIpc) is 1.63. The van der Waals surface area contributed by atoms with E-state index in [1.54, 1.807) is 13.8 Å². The molecule has 0 spiro atoms. The molecule has 0 aromatic rings. The monoisotopic (exact) mass is 126 g/mol. The van der Waals surface area contributed by atoms with Gasteiger partial charge >= 0.3 is 0 Å². The van der Waals surface area contributed by atoms with Crippen molar-refractivity contribution in [2.75, 3.05) is 0 Å². The Morgan fingerprint density at radius 1 is 1.56 bits per heavy atom. The lowest BCUT2D eigenvalue weighted by molar-refractivity contribution is 0.133. The fourth-order valence-corrected chi connectivity index (χ4v) is 0.538. The second kappa shape index (κ2) is 3.73. The highest BCUT2D eigenvalue weighted by Crippen LogP contribution is 2.03. The van der Waals surface area contributed by atoms with Crippen molar-refractivity contribution in [3.8, 4) is 0 Å². The van der Waals surface area contributed by atoms with E-state index in [4.69, 9.17) is 5.11 Å². The molecule has 0 aliphatic rings. The van der Waals surface area contributed by atoms with Gasteiger partial charge in [0.15, 0.2) is 0 Å². The van der Waals surface area contributed by atoms with Crippen molar-refractivity contribution < 1.29 is 5.11 Å². The lowest BCUT2D eigenvalue weighted by Gasteiger charge is -2.09. The summed E-state index contributed by atoms with van der Waals surface area (Å²) in [6, 6.07) is 0. The van der Waals surface area contributed by atoms with E-state index in [1.807, 2.05) is 12.2 Å². The third-order valence-electron chi connectivity index (χ3n) is 0.981. The van der Waals surface area contributed by atoms with E-state index in [0.29, 0.717) is 0 Å². The predicted molar refractivity (Wildman–Crippen MR) is 43.4 cm³/mol. The summed E-state index contributed by atoms with van der Waals surface area (Å²) in [5, 5.41) is 9.16. The fourth-order valence-electron chi connectivity index (χ4n) is 0.538. The first-order chi connectivity index (χ1) is 4.06. The summed E-state index contributed by atoms with van der Waals surface area (Å²) in [5.41, 5.74) is -0.630. The van der Waals surface area contributed by atoms with Crippen LogP contribution in [0.4, 0.5) is 0 Å². The van der Waals surface area contributed by atoms with Crippen LogP contribution in [0.2, 0.25) is 6.32 Å². The lowest BCUT2D eigenvalue weighted by atomic mass is 10.0. The van der Waals surface area contributed by atoms with Crippen LogP contribution in [-0.4, -0.2) is 18.6 Å². The molecule has 0 radical (unpaired) electrons. The number of rotatable bonds is 3. The molecule has 0 saturated heterocycles. The SMILES string of the molecule is BCC/C=C/C(C)(C)O. The van der Waals surface area contributed by atoms with E-state index in [0.717, 1.165) is 12.7 Å². The van der Waals surface area contributed by atoms with E-state index in [2.05, 4.69) is 7.85 Å². The van der Waals surface area contributed by atoms with Crippen molar-refractivity contribution in [3.05, 3.63) is 12.2 Å². The summed E-state index contributed by atoms with van der Waals surface area (Å²) >= 11 is 0. The van der Waals surface area contributed by atoms with Gasteiger partial charge in [0.2, 0.25) is 0 Å². The third kappa shape index (κ3) is 7.76. The first kappa shape index (κ1) is 8.76. The highest BCUT2D eigenvalue weighted by atomic mass is 16.3. The lowest BCUT2D eigenvalue weighted by Crippen LogP contribution is -2.13. The molecule has 0 aromatic carbocycles. The standard InChI is InChI=1S/C7H15BO/c1-7(2,9)5-3-4-6-8/h3,5,9H,4,6,8H2,1-2H3/b5-3+. The van der Waals surface area contributed by atoms with Crippen molar-refractivity contribution in [2.24, 2.45) is 0 Å². The van der Waals surface area contributed by atoms with Gasteiger partial charge in [0, 0.05) is 0 Å². The molecular weight excluding hydrogens is 111 g/mol. The van der Waals surface area contributed by atoms with Gasteiger partial charge in [0.1, 0.15) is 7.85 Å². The Morgan fingerprint density at radius 3 is 2.44 bits per heavy atom. The molecule has 0 unspecified atom stereocenters. The van der Waals surface area contributed by atoms with Crippen LogP contribution in [0.1, 0.15) is 20.3 Å². The first-order valence-corrected chi connectivity index (χ1v) is 3.46. The molecule has 0 bridgehead atoms. The summed E-state index contributed by atoms with van der Waals surface area (Å²) in [6.07, 6.45) is 6.05. The van der Waals surface area contributed by atoms with Gasteiger partial charge in [-0.05, 0) is 20.3 Å². The van der Waals surface area contributed by atoms with E-state index < -0.39 is 5.60 Å². The molecule has 9 heavy (non-hydrogen) atoms. The molecule has 0 aliphatic heterocycles. The van der Waals surface area contributed by atoms with Gasteiger partial charge in [-0.2, -0.15) is 0 Å². The second-order valence-electron chi connectivity index (χ2n) is 2.84. The second-order valence-corrected chi connectivity index (χ2v) is 2.84. The van der Waals surface area contributed by atoms with Gasteiger partial charge in [-0.1, -0.05) is 18.5 Å². The largest absolute Gasteiger partial charge is 0.386 e. The summed E-state index contributed by atoms with van der Waals surface area (Å²) in [7, 11) is 2.12. The molecule has 52 valence electrons. The van der Waals surface area contributed by atoms with Crippen molar-refractivity contribution in [1.29, 1.82) is 0 Å². The first-order valence-electron chi connectivity index (χ1n) is 3.46. The van der Waals surface area contributed by atoms with Gasteiger partial charge < -0.3 is 5.11 Å². The minimum absolute atomic E-state index is 0.630. The van der Waals surface area contributed by atoms with Crippen LogP contribution in [0.15, 0.2) is 12.2 Å². The zero-order valence-electron chi connectivity index (χ0n) is 6.52. The molecule has 0 aromatic heterocycles. The maximum absolute atomic E-state index is 9.16. The molecule has 0 amide bonds. The molecule has 1 nitrogen and oxygen atoms in total. The van der Waals surface area contributed by atoms with Crippen LogP contribution >= 0.6 is 0 Å². The summed E-state index contributed by atoms with van der Waals surface area (Å²) in [5.74, 6) is 0. The summed E-state index contributed by atoms with van der Waals surface area (Å²) in [4.78, 5) is 0. The Kier molecular flexibility index (Phi) is 3.63. The van der Waals surface area contributed by atoms with E-state index in [-0.39, 0.29) is 0 Å². The van der Waals surface area contributed by atoms with Crippen LogP contribution in [0.5, 0.6) is 0 Å². The minimum atomic E-state index is -0.630. The molecular formula is C7H15BO. The van der Waals surface area contributed by atoms with Crippen molar-refractivity contribution >= 4 is 7.85 Å². The Bertz CT molecular complexity index is 91.6. The summed E-state index contributed by atoms with van der Waals surface area (Å²) in [6.45, 7) is 3.55. The van der Waals surface area contributed by atoms with E-state index >= 15 is 0 Å². The quantitative estimate of drug-likeness (QED) is 0.437. The molecule has 0 fully saturated rings. The van der Waals surface area contributed by atoms with Crippen LogP contribution in [0.25, 0.3) is 0 Å². The topological polar surface area (TPSA) is 20.2 Å². The van der Waals surface area contributed by atoms with Gasteiger partial charge in [0.05, 0.1) is 5.60 Å². The number of allylic oxidation sites excluding steroid dienone is 1. The van der Waals surface area contributed by atoms with Gasteiger partial charge in [-0.15, -0.1) is 0 Å². The highest BCUT2D eigenvalue weighted by Gasteiger charge is 2.04. The van der Waals surface area contributed by atoms with Crippen molar-refractivity contribution in [2.45, 2.75) is 32.2 Å². The Hall–Kier alpha value is -0.235. The molecule has 0 rings (SSSR count). The Morgan fingerprint density at radius 2 is 2.11 bits per heavy atom. The van der Waals surface area contributed by atoms with Gasteiger partial charge in [-0.25, -0.2) is 0 Å². The highest BCUT2D eigenvalue weighted by molar-refractivity contribution is 6.08. The number of aliphatic hydroxyl groups is 1. The molecule has 2 heteroatoms. The smallest absolute Gasteiger partial charge is 0.101 e. The van der Waals surface area contributed by atoms with Gasteiger partial charge in [-0.3, -0.25) is 0 Å². The maximum atomic E-state index is 9.16. The molecule has 1 N–H and O–H groups in total. The Balaban J connectivity index is 3.45. The normalized spacial score (nSPS) is 12.8. The Labute approximate surface area is 58.2 Å². The minimum Gasteiger partial charge on any atom is -0.386 e.